The molecule has 0 aromatic carbocycles. The van der Waals surface area contributed by atoms with Crippen molar-refractivity contribution in [2.24, 2.45) is 5.92 Å². The minimum absolute atomic E-state index is 0.576. The van der Waals surface area contributed by atoms with Gasteiger partial charge in [-0.1, -0.05) is 29.8 Å². The summed E-state index contributed by atoms with van der Waals surface area (Å²) in [7, 11) is 0. The van der Waals surface area contributed by atoms with E-state index < -0.39 is 0 Å². The molecule has 0 saturated heterocycles. The van der Waals surface area contributed by atoms with Gasteiger partial charge in [-0.05, 0) is 50.5 Å². The molecule has 2 rings (SSSR count). The van der Waals surface area contributed by atoms with Gasteiger partial charge in [0, 0.05) is 11.0 Å². The quantitative estimate of drug-likeness (QED) is 0.684. The van der Waals surface area contributed by atoms with E-state index >= 15 is 0 Å². The van der Waals surface area contributed by atoms with Crippen LogP contribution in [0.3, 0.4) is 0 Å². The molecule has 1 fully saturated rings. The maximum Gasteiger partial charge on any atom is 0.0625 e. The monoisotopic (exact) mass is 298 g/mol. The lowest BCUT2D eigenvalue weighted by molar-refractivity contribution is 0.425. The molecule has 0 spiro atoms. The Hall–Kier alpha value is -0.310. The fourth-order valence-corrected chi connectivity index (χ4v) is 3.11. The van der Waals surface area contributed by atoms with Gasteiger partial charge in [0.2, 0.25) is 0 Å². The third kappa shape index (κ3) is 3.57. The van der Waals surface area contributed by atoms with E-state index in [1.165, 1.54) is 37.8 Å². The summed E-state index contributed by atoms with van der Waals surface area (Å²) in [6.45, 7) is 4.47. The van der Waals surface area contributed by atoms with Gasteiger partial charge in [-0.25, -0.2) is 0 Å². The molecule has 1 aliphatic carbocycles. The molecule has 0 aliphatic heterocycles. The van der Waals surface area contributed by atoms with Crippen LogP contribution in [0.2, 0.25) is 0 Å². The third-order valence-electron chi connectivity index (χ3n) is 3.79. The van der Waals surface area contributed by atoms with Gasteiger partial charge < -0.3 is 0 Å². The maximum absolute atomic E-state index is 4.70. The number of alkyl halides is 1. The molecule has 0 N–H and O–H groups in total. The Morgan fingerprint density at radius 2 is 2.12 bits per heavy atom. The topological polar surface area (TPSA) is 17.8 Å². The second-order valence-corrected chi connectivity index (χ2v) is 6.33. The second-order valence-electron chi connectivity index (χ2n) is 5.15. The molecular formula is C14H23BrN2. The van der Waals surface area contributed by atoms with Crippen LogP contribution in [0.25, 0.3) is 0 Å². The molecule has 1 unspecified atom stereocenters. The van der Waals surface area contributed by atoms with Gasteiger partial charge in [0.15, 0.2) is 0 Å². The summed E-state index contributed by atoms with van der Waals surface area (Å²) in [4.78, 5) is 0.709. The summed E-state index contributed by atoms with van der Waals surface area (Å²) in [5.41, 5.74) is 1.25. The first-order valence-electron chi connectivity index (χ1n) is 6.92. The zero-order valence-electron chi connectivity index (χ0n) is 10.9. The Morgan fingerprint density at radius 1 is 1.41 bits per heavy atom. The summed E-state index contributed by atoms with van der Waals surface area (Å²) in [5.74, 6) is 0.941. The largest absolute Gasteiger partial charge is 0.269 e. The fourth-order valence-electron chi connectivity index (χ4n) is 2.36. The summed E-state index contributed by atoms with van der Waals surface area (Å²) in [6, 6.07) is 2.76. The number of aromatic nitrogens is 2. The molecule has 1 atom stereocenters. The summed E-state index contributed by atoms with van der Waals surface area (Å²) in [6.07, 6.45) is 9.65. The van der Waals surface area contributed by atoms with Gasteiger partial charge in [0.1, 0.15) is 0 Å². The van der Waals surface area contributed by atoms with Crippen molar-refractivity contribution < 1.29 is 0 Å². The van der Waals surface area contributed by atoms with Crippen molar-refractivity contribution in [3.63, 3.8) is 0 Å². The molecule has 1 aliphatic rings. The molecule has 1 saturated carbocycles. The highest BCUT2D eigenvalue weighted by atomic mass is 79.9. The molecule has 0 bridgehead atoms. The summed E-state index contributed by atoms with van der Waals surface area (Å²) < 4.78 is 2.15. The highest BCUT2D eigenvalue weighted by molar-refractivity contribution is 9.09. The average molecular weight is 299 g/mol. The van der Waals surface area contributed by atoms with Gasteiger partial charge in [-0.3, -0.25) is 4.68 Å². The SMILES string of the molecule is CCC(CC)n1ccc(CCC(Br)C2CC2)n1. The maximum atomic E-state index is 4.70. The van der Waals surface area contributed by atoms with Crippen LogP contribution >= 0.6 is 15.9 Å². The smallest absolute Gasteiger partial charge is 0.0625 e. The molecule has 1 heterocycles. The third-order valence-corrected chi connectivity index (χ3v) is 5.00. The zero-order chi connectivity index (χ0) is 12.3. The molecule has 1 aromatic heterocycles. The lowest BCUT2D eigenvalue weighted by Crippen LogP contribution is -2.08. The van der Waals surface area contributed by atoms with E-state index in [2.05, 4.69) is 46.7 Å². The summed E-state index contributed by atoms with van der Waals surface area (Å²) in [5, 5.41) is 4.70. The summed E-state index contributed by atoms with van der Waals surface area (Å²) >= 11 is 3.79. The van der Waals surface area contributed by atoms with Gasteiger partial charge in [0.25, 0.3) is 0 Å². The number of hydrogen-bond acceptors (Lipinski definition) is 1. The molecular weight excluding hydrogens is 276 g/mol. The second kappa shape index (κ2) is 6.03. The molecule has 2 nitrogen and oxygen atoms in total. The molecule has 96 valence electrons. The number of halogens is 1. The van der Waals surface area contributed by atoms with E-state index in [9.17, 15) is 0 Å². The van der Waals surface area contributed by atoms with Crippen LogP contribution in [0, 0.1) is 5.92 Å². The van der Waals surface area contributed by atoms with Crippen molar-refractivity contribution in [3.05, 3.63) is 18.0 Å². The first-order chi connectivity index (χ1) is 8.24. The Labute approximate surface area is 113 Å². The Morgan fingerprint density at radius 3 is 2.71 bits per heavy atom. The van der Waals surface area contributed by atoms with Crippen LogP contribution in [0.1, 0.15) is 57.7 Å². The normalized spacial score (nSPS) is 17.6. The predicted molar refractivity (Wildman–Crippen MR) is 75.6 cm³/mol. The number of aryl methyl sites for hydroxylation is 1. The molecule has 1 aromatic rings. The highest BCUT2D eigenvalue weighted by Crippen LogP contribution is 2.38. The van der Waals surface area contributed by atoms with E-state index in [0.717, 1.165) is 12.3 Å². The number of hydrogen-bond donors (Lipinski definition) is 0. The van der Waals surface area contributed by atoms with Crippen molar-refractivity contribution in [1.29, 1.82) is 0 Å². The Kier molecular flexibility index (Phi) is 4.66. The first-order valence-corrected chi connectivity index (χ1v) is 7.84. The van der Waals surface area contributed by atoms with Gasteiger partial charge >= 0.3 is 0 Å². The van der Waals surface area contributed by atoms with Crippen molar-refractivity contribution in [3.8, 4) is 0 Å². The van der Waals surface area contributed by atoms with E-state index in [0.29, 0.717) is 10.9 Å². The fraction of sp³-hybridized carbons (Fsp3) is 0.786. The molecule has 17 heavy (non-hydrogen) atoms. The van der Waals surface area contributed by atoms with E-state index in [4.69, 9.17) is 5.10 Å². The van der Waals surface area contributed by atoms with E-state index in [1.807, 2.05) is 0 Å². The standard InChI is InChI=1S/C14H23BrN2/c1-3-13(4-2)17-10-9-12(16-17)7-8-14(15)11-5-6-11/h9-11,13-14H,3-8H2,1-2H3. The van der Waals surface area contributed by atoms with Crippen LogP contribution in [0.5, 0.6) is 0 Å². The van der Waals surface area contributed by atoms with Crippen LogP contribution in [0.15, 0.2) is 12.3 Å². The van der Waals surface area contributed by atoms with Gasteiger partial charge in [0.05, 0.1) is 11.7 Å². The average Bonchev–Trinajstić information content (AvgIpc) is 3.09. The van der Waals surface area contributed by atoms with Gasteiger partial charge in [-0.2, -0.15) is 5.10 Å². The lowest BCUT2D eigenvalue weighted by atomic mass is 10.1. The number of rotatable bonds is 7. The molecule has 3 heteroatoms. The lowest BCUT2D eigenvalue weighted by Gasteiger charge is -2.12. The van der Waals surface area contributed by atoms with Gasteiger partial charge in [-0.15, -0.1) is 0 Å². The molecule has 0 amide bonds. The first kappa shape index (κ1) is 13.1. The van der Waals surface area contributed by atoms with E-state index in [1.54, 1.807) is 0 Å². The van der Waals surface area contributed by atoms with Crippen LogP contribution in [-0.4, -0.2) is 14.6 Å². The number of nitrogens with zero attached hydrogens (tertiary/aromatic N) is 2. The van der Waals surface area contributed by atoms with Crippen molar-refractivity contribution in [1.82, 2.24) is 9.78 Å². The van der Waals surface area contributed by atoms with Crippen molar-refractivity contribution in [2.45, 2.75) is 63.2 Å². The minimum atomic E-state index is 0.576. The zero-order valence-corrected chi connectivity index (χ0v) is 12.5. The van der Waals surface area contributed by atoms with Crippen molar-refractivity contribution >= 4 is 15.9 Å². The molecule has 0 radical (unpaired) electrons. The van der Waals surface area contributed by atoms with Crippen LogP contribution in [0.4, 0.5) is 0 Å². The highest BCUT2D eigenvalue weighted by Gasteiger charge is 2.28. The Bertz CT molecular complexity index is 340. The van der Waals surface area contributed by atoms with Crippen LogP contribution in [-0.2, 0) is 6.42 Å². The van der Waals surface area contributed by atoms with E-state index in [-0.39, 0.29) is 0 Å². The Balaban J connectivity index is 1.84. The van der Waals surface area contributed by atoms with Crippen LogP contribution < -0.4 is 0 Å². The van der Waals surface area contributed by atoms with Crippen molar-refractivity contribution in [2.75, 3.05) is 0 Å². The minimum Gasteiger partial charge on any atom is -0.269 e. The predicted octanol–water partition coefficient (Wildman–Crippen LogP) is 4.35.